The minimum atomic E-state index is -1.22. The molecule has 6 aromatic rings. The second-order valence-corrected chi connectivity index (χ2v) is 16.5. The largest absolute Gasteiger partial charge is 0.465 e. The number of amides is 4. The molecule has 8 rings (SSSR count). The van der Waals surface area contributed by atoms with E-state index in [0.717, 1.165) is 72.9 Å². The minimum absolute atomic E-state index is 0.120. The van der Waals surface area contributed by atoms with Crippen molar-refractivity contribution in [1.29, 1.82) is 0 Å². The Bertz CT molecular complexity index is 2510. The van der Waals surface area contributed by atoms with Crippen LogP contribution in [-0.2, 0) is 14.3 Å². The molecule has 4 amide bonds. The van der Waals surface area contributed by atoms with Crippen LogP contribution in [0.3, 0.4) is 0 Å². The van der Waals surface area contributed by atoms with Crippen LogP contribution in [0.4, 0.5) is 9.59 Å². The van der Waals surface area contributed by atoms with Crippen LogP contribution in [0.5, 0.6) is 0 Å². The molecule has 16 heteroatoms. The molecule has 2 fully saturated rings. The molecule has 0 spiro atoms. The van der Waals surface area contributed by atoms with Gasteiger partial charge in [-0.3, -0.25) is 9.59 Å². The number of nitrogens with one attached hydrogen (secondary N) is 4. The third-order valence-electron chi connectivity index (χ3n) is 11.1. The summed E-state index contributed by atoms with van der Waals surface area (Å²) in [7, 11) is 1.29. The Morgan fingerprint density at radius 1 is 0.857 bits per heavy atom. The average Bonchev–Trinajstić information content (AvgIpc) is 4.02. The molecule has 2 aromatic carbocycles. The number of nitrogens with zero attached hydrogens (tertiary/aromatic N) is 5. The molecule has 2 aliphatic rings. The van der Waals surface area contributed by atoms with Crippen LogP contribution in [-0.4, -0.2) is 96.1 Å². The van der Waals surface area contributed by atoms with E-state index in [1.165, 1.54) is 7.11 Å². The number of hydrogen-bond donors (Lipinski definition) is 5. The molecule has 0 aliphatic carbocycles. The molecule has 0 bridgehead atoms. The number of likely N-dealkylation sites (tertiary alicyclic amines) is 2. The maximum absolute atomic E-state index is 13.7. The number of rotatable bonds is 9. The minimum Gasteiger partial charge on any atom is -0.465 e. The summed E-state index contributed by atoms with van der Waals surface area (Å²) in [6, 6.07) is 10.5. The number of imidazole rings is 2. The summed E-state index contributed by atoms with van der Waals surface area (Å²) in [5.41, 5.74) is 4.13. The summed E-state index contributed by atoms with van der Waals surface area (Å²) >= 11 is 1.66. The third-order valence-corrected chi connectivity index (χ3v) is 12.3. The highest BCUT2D eigenvalue weighted by atomic mass is 32.1. The number of ether oxygens (including phenoxy) is 1. The molecule has 5 N–H and O–H groups in total. The standard InChI is InChI=1S/C40H45N9O6S/c1-19(2)29(45-39(52)53)37(50)49-15-7-9-27(49)35-43-31-24-12-10-21(16-23(24)18-41-36(31)47-35)28-17-22-11-13-25-32(33(22)56-28)44-34(42-25)26-8-6-14-48(26)38(51)30(20(3)4)46-40(54)55-5/h10-13,16-20,26-27,29-30,45H,6-9,14-15H2,1-5H3,(H,42,44)(H,46,54)(H,52,53)(H,41,43,47)/t26-,27-,29-,30-/m0/s1. The number of benzene rings is 2. The molecular weight excluding hydrogens is 735 g/mol. The van der Waals surface area contributed by atoms with Gasteiger partial charge in [-0.2, -0.15) is 0 Å². The number of aromatic nitrogens is 5. The van der Waals surface area contributed by atoms with Crippen LogP contribution < -0.4 is 10.6 Å². The van der Waals surface area contributed by atoms with Crippen molar-refractivity contribution in [3.63, 3.8) is 0 Å². The highest BCUT2D eigenvalue weighted by molar-refractivity contribution is 7.23. The van der Waals surface area contributed by atoms with Gasteiger partial charge in [-0.1, -0.05) is 45.9 Å². The first-order valence-corrected chi connectivity index (χ1v) is 19.9. The number of aromatic amines is 2. The van der Waals surface area contributed by atoms with E-state index < -0.39 is 24.3 Å². The van der Waals surface area contributed by atoms with Gasteiger partial charge in [0.25, 0.3) is 0 Å². The zero-order chi connectivity index (χ0) is 39.4. The smallest absolute Gasteiger partial charge is 0.407 e. The number of hydrogen-bond acceptors (Lipinski definition) is 9. The zero-order valence-corrected chi connectivity index (χ0v) is 32.7. The van der Waals surface area contributed by atoms with E-state index in [4.69, 9.17) is 14.7 Å². The molecule has 4 atom stereocenters. The van der Waals surface area contributed by atoms with E-state index in [9.17, 15) is 24.3 Å². The second kappa shape index (κ2) is 14.7. The molecule has 292 valence electrons. The Balaban J connectivity index is 1.07. The summed E-state index contributed by atoms with van der Waals surface area (Å²) in [4.78, 5) is 76.9. The zero-order valence-electron chi connectivity index (χ0n) is 31.9. The van der Waals surface area contributed by atoms with E-state index in [2.05, 4.69) is 55.9 Å². The Morgan fingerprint density at radius 2 is 1.52 bits per heavy atom. The van der Waals surface area contributed by atoms with Crippen molar-refractivity contribution in [3.8, 4) is 10.4 Å². The van der Waals surface area contributed by atoms with E-state index in [-0.39, 0.29) is 35.7 Å². The van der Waals surface area contributed by atoms with E-state index in [0.29, 0.717) is 31.0 Å². The SMILES string of the molecule is COC(=O)N[C@H](C(=O)N1CCC[C@H]1c1nc2c(ccc3cc(-c4ccc5c(cnc6nc([C@@H]7CCCN7C(=O)[C@@H](NC(=O)O)C(C)C)[nH]c65)c4)sc32)[nH]1)C(C)C. The fourth-order valence-electron chi connectivity index (χ4n) is 8.22. The van der Waals surface area contributed by atoms with Crippen molar-refractivity contribution in [2.24, 2.45) is 11.8 Å². The number of fused-ring (bicyclic) bond motifs is 6. The lowest BCUT2D eigenvalue weighted by molar-refractivity contribution is -0.136. The maximum atomic E-state index is 13.7. The normalized spacial score (nSPS) is 18.5. The lowest BCUT2D eigenvalue weighted by Crippen LogP contribution is -2.51. The summed E-state index contributed by atoms with van der Waals surface area (Å²) in [6.45, 7) is 8.57. The molecule has 6 heterocycles. The number of pyridine rings is 1. The van der Waals surface area contributed by atoms with Gasteiger partial charge in [0.1, 0.15) is 29.2 Å². The Hall–Kier alpha value is -5.77. The summed E-state index contributed by atoms with van der Waals surface area (Å²) < 4.78 is 5.83. The van der Waals surface area contributed by atoms with Crippen LogP contribution >= 0.6 is 11.3 Å². The number of thiophene rings is 1. The van der Waals surface area contributed by atoms with Crippen molar-refractivity contribution in [2.75, 3.05) is 20.2 Å². The van der Waals surface area contributed by atoms with Crippen LogP contribution in [0.2, 0.25) is 0 Å². The highest BCUT2D eigenvalue weighted by Gasteiger charge is 2.39. The van der Waals surface area contributed by atoms with Gasteiger partial charge in [-0.05, 0) is 66.7 Å². The van der Waals surface area contributed by atoms with Gasteiger partial charge in [0.05, 0.1) is 34.9 Å². The van der Waals surface area contributed by atoms with Crippen molar-refractivity contribution < 1.29 is 29.0 Å². The van der Waals surface area contributed by atoms with Crippen LogP contribution in [0.15, 0.2) is 42.6 Å². The summed E-state index contributed by atoms with van der Waals surface area (Å²) in [6.07, 6.45) is 3.07. The van der Waals surface area contributed by atoms with Gasteiger partial charge in [0.15, 0.2) is 5.65 Å². The van der Waals surface area contributed by atoms with Gasteiger partial charge in [0.2, 0.25) is 11.8 Å². The Kier molecular flexibility index (Phi) is 9.76. The lowest BCUT2D eigenvalue weighted by Gasteiger charge is -2.29. The topological polar surface area (TPSA) is 199 Å². The van der Waals surface area contributed by atoms with Gasteiger partial charge in [0, 0.05) is 34.9 Å². The molecule has 2 aliphatic heterocycles. The third kappa shape index (κ3) is 6.65. The molecular formula is C40H45N9O6S. The van der Waals surface area contributed by atoms with Crippen molar-refractivity contribution in [1.82, 2.24) is 45.4 Å². The van der Waals surface area contributed by atoms with E-state index in [1.807, 2.05) is 44.9 Å². The van der Waals surface area contributed by atoms with E-state index >= 15 is 0 Å². The molecule has 0 saturated carbocycles. The van der Waals surface area contributed by atoms with Crippen LogP contribution in [0.25, 0.3) is 53.5 Å². The Labute approximate surface area is 326 Å². The predicted molar refractivity (Wildman–Crippen MR) is 213 cm³/mol. The molecule has 15 nitrogen and oxygen atoms in total. The number of alkyl carbamates (subject to hydrolysis) is 1. The molecule has 4 aromatic heterocycles. The first-order valence-electron chi connectivity index (χ1n) is 19.1. The Morgan fingerprint density at radius 3 is 2.16 bits per heavy atom. The number of carbonyl (C=O) groups excluding carboxylic acids is 3. The first kappa shape index (κ1) is 37.2. The summed E-state index contributed by atoms with van der Waals surface area (Å²) in [5, 5.41) is 17.4. The molecule has 56 heavy (non-hydrogen) atoms. The molecule has 0 unspecified atom stereocenters. The quantitative estimate of drug-likeness (QED) is 0.104. The van der Waals surface area contributed by atoms with Crippen molar-refractivity contribution >= 4 is 78.4 Å². The van der Waals surface area contributed by atoms with Gasteiger partial charge in [-0.15, -0.1) is 11.3 Å². The number of carboxylic acid groups (broad SMARTS) is 1. The lowest BCUT2D eigenvalue weighted by atomic mass is 10.0. The average molecular weight is 780 g/mol. The number of carbonyl (C=O) groups is 4. The molecule has 0 radical (unpaired) electrons. The number of H-pyrrole nitrogens is 2. The fraction of sp³-hybridized carbons (Fsp3) is 0.425. The fourth-order valence-corrected chi connectivity index (χ4v) is 9.37. The maximum Gasteiger partial charge on any atom is 0.407 e. The van der Waals surface area contributed by atoms with Crippen LogP contribution in [0, 0.1) is 11.8 Å². The van der Waals surface area contributed by atoms with Crippen molar-refractivity contribution in [2.45, 2.75) is 77.5 Å². The molecule has 2 saturated heterocycles. The predicted octanol–water partition coefficient (Wildman–Crippen LogP) is 6.87. The number of methoxy groups -OCH3 is 1. The van der Waals surface area contributed by atoms with Crippen molar-refractivity contribution in [3.05, 3.63) is 54.2 Å². The second-order valence-electron chi connectivity index (χ2n) is 15.4. The van der Waals surface area contributed by atoms with Gasteiger partial charge in [-0.25, -0.2) is 24.5 Å². The highest BCUT2D eigenvalue weighted by Crippen LogP contribution is 2.41. The van der Waals surface area contributed by atoms with Crippen LogP contribution in [0.1, 0.15) is 77.1 Å². The van der Waals surface area contributed by atoms with Gasteiger partial charge >= 0.3 is 12.2 Å². The monoisotopic (exact) mass is 779 g/mol. The van der Waals surface area contributed by atoms with Gasteiger partial charge < -0.3 is 40.2 Å². The first-order chi connectivity index (χ1) is 26.9. The summed E-state index contributed by atoms with van der Waals surface area (Å²) in [5.74, 6) is 0.649. The van der Waals surface area contributed by atoms with E-state index in [1.54, 1.807) is 16.2 Å².